The highest BCUT2D eigenvalue weighted by molar-refractivity contribution is 7.80. The van der Waals surface area contributed by atoms with Crippen LogP contribution < -0.4 is 10.5 Å². The lowest BCUT2D eigenvalue weighted by Crippen LogP contribution is -2.12. The number of aliphatic hydroxyl groups excluding tert-OH is 1. The highest BCUT2D eigenvalue weighted by atomic mass is 35.5. The van der Waals surface area contributed by atoms with Gasteiger partial charge in [-0.15, -0.1) is 0 Å². The molecular formula is C13H18ClNO2S. The van der Waals surface area contributed by atoms with Crippen LogP contribution in [0.5, 0.6) is 5.75 Å². The summed E-state index contributed by atoms with van der Waals surface area (Å²) < 4.78 is 5.65. The van der Waals surface area contributed by atoms with Crippen molar-refractivity contribution >= 4 is 28.8 Å². The molecule has 0 fully saturated rings. The van der Waals surface area contributed by atoms with Gasteiger partial charge in [0, 0.05) is 6.61 Å². The Morgan fingerprint density at radius 2 is 2.00 bits per heavy atom. The van der Waals surface area contributed by atoms with Crippen LogP contribution in [0.2, 0.25) is 5.02 Å². The maximum absolute atomic E-state index is 8.65. The maximum atomic E-state index is 8.65. The summed E-state index contributed by atoms with van der Waals surface area (Å²) in [5.74, 6) is 0.636. The molecule has 0 spiro atoms. The van der Waals surface area contributed by atoms with Gasteiger partial charge < -0.3 is 15.6 Å². The Kier molecular flexibility index (Phi) is 7.01. The minimum Gasteiger partial charge on any atom is -0.493 e. The molecule has 0 radical (unpaired) electrons. The van der Waals surface area contributed by atoms with E-state index in [1.165, 1.54) is 0 Å². The van der Waals surface area contributed by atoms with Crippen molar-refractivity contribution in [3.63, 3.8) is 0 Å². The summed E-state index contributed by atoms with van der Waals surface area (Å²) in [5.41, 5.74) is 6.23. The van der Waals surface area contributed by atoms with Crippen molar-refractivity contribution in [2.24, 2.45) is 5.73 Å². The summed E-state index contributed by atoms with van der Waals surface area (Å²) in [6, 6.07) is 5.36. The fraction of sp³-hybridized carbons (Fsp3) is 0.462. The Morgan fingerprint density at radius 3 is 2.67 bits per heavy atom. The van der Waals surface area contributed by atoms with E-state index in [2.05, 4.69) is 0 Å². The van der Waals surface area contributed by atoms with Crippen LogP contribution in [0.3, 0.4) is 0 Å². The van der Waals surface area contributed by atoms with Crippen LogP contribution in [0.4, 0.5) is 0 Å². The van der Waals surface area contributed by atoms with Gasteiger partial charge in [0.1, 0.15) is 10.7 Å². The number of ether oxygens (including phenoxy) is 1. The lowest BCUT2D eigenvalue weighted by molar-refractivity contribution is 0.273. The number of thiocarbonyl (C=S) groups is 1. The van der Waals surface area contributed by atoms with E-state index in [-0.39, 0.29) is 11.6 Å². The average molecular weight is 288 g/mol. The summed E-state index contributed by atoms with van der Waals surface area (Å²) in [7, 11) is 0. The number of hydrogen-bond donors (Lipinski definition) is 2. The van der Waals surface area contributed by atoms with Crippen LogP contribution in [-0.2, 0) is 0 Å². The molecule has 1 rings (SSSR count). The predicted molar refractivity (Wildman–Crippen MR) is 78.4 cm³/mol. The summed E-state index contributed by atoms with van der Waals surface area (Å²) in [6.45, 7) is 0.849. The van der Waals surface area contributed by atoms with E-state index < -0.39 is 0 Å². The maximum Gasteiger partial charge on any atom is 0.130 e. The second kappa shape index (κ2) is 8.29. The molecule has 0 amide bonds. The third-order valence-electron chi connectivity index (χ3n) is 2.53. The lowest BCUT2D eigenvalue weighted by atomic mass is 10.2. The zero-order chi connectivity index (χ0) is 13.4. The molecule has 0 aromatic heterocycles. The normalized spacial score (nSPS) is 10.3. The molecular weight excluding hydrogens is 270 g/mol. The number of unbranched alkanes of at least 4 members (excludes halogenated alkanes) is 3. The van der Waals surface area contributed by atoms with E-state index in [9.17, 15) is 0 Å². The first kappa shape index (κ1) is 15.2. The number of halogens is 1. The Bertz CT molecular complexity index is 399. The van der Waals surface area contributed by atoms with Crippen molar-refractivity contribution in [1.82, 2.24) is 0 Å². The van der Waals surface area contributed by atoms with Gasteiger partial charge in [0.25, 0.3) is 0 Å². The third-order valence-corrected chi connectivity index (χ3v) is 3.05. The topological polar surface area (TPSA) is 55.5 Å². The van der Waals surface area contributed by atoms with Crippen molar-refractivity contribution < 1.29 is 9.84 Å². The molecule has 18 heavy (non-hydrogen) atoms. The smallest absolute Gasteiger partial charge is 0.130 e. The largest absolute Gasteiger partial charge is 0.493 e. The molecule has 0 saturated carbocycles. The molecule has 0 bridgehead atoms. The van der Waals surface area contributed by atoms with Gasteiger partial charge in [0.05, 0.1) is 17.2 Å². The van der Waals surface area contributed by atoms with Crippen molar-refractivity contribution in [3.05, 3.63) is 28.8 Å². The van der Waals surface area contributed by atoms with E-state index in [1.54, 1.807) is 6.07 Å². The SMILES string of the molecule is NC(=S)c1c(Cl)cccc1OCCCCCCO. The fourth-order valence-corrected chi connectivity index (χ4v) is 2.15. The number of aliphatic hydroxyl groups is 1. The van der Waals surface area contributed by atoms with E-state index >= 15 is 0 Å². The minimum absolute atomic E-state index is 0.246. The van der Waals surface area contributed by atoms with Crippen LogP contribution in [0.1, 0.15) is 31.2 Å². The van der Waals surface area contributed by atoms with Gasteiger partial charge in [0.15, 0.2) is 0 Å². The van der Waals surface area contributed by atoms with Gasteiger partial charge in [-0.25, -0.2) is 0 Å². The van der Waals surface area contributed by atoms with Gasteiger partial charge in [0.2, 0.25) is 0 Å². The monoisotopic (exact) mass is 287 g/mol. The number of nitrogens with two attached hydrogens (primary N) is 1. The van der Waals surface area contributed by atoms with Crippen LogP contribution >= 0.6 is 23.8 Å². The van der Waals surface area contributed by atoms with Crippen LogP contribution in [-0.4, -0.2) is 23.3 Å². The number of hydrogen-bond acceptors (Lipinski definition) is 3. The molecule has 0 heterocycles. The Labute approximate surface area is 118 Å². The van der Waals surface area contributed by atoms with Crippen molar-refractivity contribution in [2.45, 2.75) is 25.7 Å². The summed E-state index contributed by atoms with van der Waals surface area (Å²) in [5, 5.41) is 9.17. The first-order chi connectivity index (χ1) is 8.66. The van der Waals surface area contributed by atoms with Crippen molar-refractivity contribution in [3.8, 4) is 5.75 Å². The third kappa shape index (κ3) is 4.80. The van der Waals surface area contributed by atoms with Crippen molar-refractivity contribution in [1.29, 1.82) is 0 Å². The molecule has 3 N–H and O–H groups in total. The molecule has 3 nitrogen and oxygen atoms in total. The number of benzene rings is 1. The number of rotatable bonds is 8. The highest BCUT2D eigenvalue weighted by Crippen LogP contribution is 2.26. The Hall–Kier alpha value is -0.840. The fourth-order valence-electron chi connectivity index (χ4n) is 1.61. The molecule has 0 atom stereocenters. The molecule has 0 aliphatic rings. The van der Waals surface area contributed by atoms with Gasteiger partial charge in [-0.3, -0.25) is 0 Å². The molecule has 0 saturated heterocycles. The second-order valence-electron chi connectivity index (χ2n) is 3.96. The molecule has 1 aromatic rings. The zero-order valence-electron chi connectivity index (χ0n) is 10.2. The van der Waals surface area contributed by atoms with Crippen LogP contribution in [0, 0.1) is 0 Å². The first-order valence-electron chi connectivity index (χ1n) is 5.98. The molecule has 100 valence electrons. The first-order valence-corrected chi connectivity index (χ1v) is 6.77. The van der Waals surface area contributed by atoms with Crippen molar-refractivity contribution in [2.75, 3.05) is 13.2 Å². The average Bonchev–Trinajstić information content (AvgIpc) is 2.33. The van der Waals surface area contributed by atoms with Gasteiger partial charge >= 0.3 is 0 Å². The molecule has 0 unspecified atom stereocenters. The van der Waals surface area contributed by atoms with E-state index in [0.717, 1.165) is 25.7 Å². The quantitative estimate of drug-likeness (QED) is 0.570. The lowest BCUT2D eigenvalue weighted by Gasteiger charge is -2.11. The van der Waals surface area contributed by atoms with E-state index in [1.807, 2.05) is 12.1 Å². The van der Waals surface area contributed by atoms with Crippen LogP contribution in [0.25, 0.3) is 0 Å². The van der Waals surface area contributed by atoms with Gasteiger partial charge in [-0.1, -0.05) is 36.3 Å². The Balaban J connectivity index is 2.47. The van der Waals surface area contributed by atoms with E-state index in [4.69, 9.17) is 39.4 Å². The summed E-state index contributed by atoms with van der Waals surface area (Å²) in [4.78, 5) is 0.246. The highest BCUT2D eigenvalue weighted by Gasteiger charge is 2.10. The molecule has 5 heteroatoms. The standard InChI is InChI=1S/C13H18ClNO2S/c14-10-6-5-7-11(12(10)13(15)18)17-9-4-2-1-3-8-16/h5-7,16H,1-4,8-9H2,(H2,15,18). The summed E-state index contributed by atoms with van der Waals surface area (Å²) >= 11 is 11.0. The molecule has 0 aliphatic carbocycles. The second-order valence-corrected chi connectivity index (χ2v) is 4.81. The minimum atomic E-state index is 0.246. The summed E-state index contributed by atoms with van der Waals surface area (Å²) in [6.07, 6.45) is 3.82. The zero-order valence-corrected chi connectivity index (χ0v) is 11.8. The van der Waals surface area contributed by atoms with Gasteiger partial charge in [-0.05, 0) is 31.4 Å². The molecule has 1 aromatic carbocycles. The predicted octanol–water partition coefficient (Wildman–Crippen LogP) is 2.91. The Morgan fingerprint density at radius 1 is 1.28 bits per heavy atom. The van der Waals surface area contributed by atoms with Gasteiger partial charge in [-0.2, -0.15) is 0 Å². The van der Waals surface area contributed by atoms with Crippen LogP contribution in [0.15, 0.2) is 18.2 Å². The molecule has 0 aliphatic heterocycles. The van der Waals surface area contributed by atoms with E-state index in [0.29, 0.717) is 22.9 Å².